The molecule has 0 aliphatic rings. The van der Waals surface area contributed by atoms with Crippen molar-refractivity contribution in [2.45, 2.75) is 32.2 Å². The molecule has 1 atom stereocenters. The Labute approximate surface area is 229 Å². The molecule has 0 spiro atoms. The van der Waals surface area contributed by atoms with Gasteiger partial charge in [-0.2, -0.15) is 0 Å². The van der Waals surface area contributed by atoms with Crippen LogP contribution in [0.4, 0.5) is 0 Å². The van der Waals surface area contributed by atoms with E-state index in [1.165, 1.54) is 29.9 Å². The highest BCUT2D eigenvalue weighted by atomic mass is 35.5. The van der Waals surface area contributed by atoms with Crippen LogP contribution in [0.25, 0.3) is 16.8 Å². The summed E-state index contributed by atoms with van der Waals surface area (Å²) < 4.78 is 8.79. The topological polar surface area (TPSA) is 103 Å². The lowest BCUT2D eigenvalue weighted by Gasteiger charge is -2.21. The Kier molecular flexibility index (Phi) is 8.34. The standard InChI is InChI=1S/C28H25Cl2N3O5/c1-3-4-23(24(34)11-17-5-7-18(8-6-17)28(36)37)33-14-25(38-2)21(13-27(33)35)20-12-19(29)9-10-22(20)32-15-26(30)31-16-32/h5-10,12-16,23H,3-4,11H2,1-2H3,(H,36,37). The second-order valence-corrected chi connectivity index (χ2v) is 9.54. The van der Waals surface area contributed by atoms with Crippen LogP contribution in [0.15, 0.2) is 72.0 Å². The highest BCUT2D eigenvalue weighted by Crippen LogP contribution is 2.36. The zero-order valence-corrected chi connectivity index (χ0v) is 22.2. The van der Waals surface area contributed by atoms with Gasteiger partial charge in [0.15, 0.2) is 5.78 Å². The van der Waals surface area contributed by atoms with Gasteiger partial charge in [-0.3, -0.25) is 9.59 Å². The lowest BCUT2D eigenvalue weighted by molar-refractivity contribution is -0.121. The van der Waals surface area contributed by atoms with E-state index < -0.39 is 12.0 Å². The first-order valence-corrected chi connectivity index (χ1v) is 12.6. The predicted molar refractivity (Wildman–Crippen MR) is 146 cm³/mol. The Balaban J connectivity index is 1.74. The summed E-state index contributed by atoms with van der Waals surface area (Å²) in [5.74, 6) is -0.813. The summed E-state index contributed by atoms with van der Waals surface area (Å²) >= 11 is 12.3. The first kappa shape index (κ1) is 27.2. The minimum absolute atomic E-state index is 0.0565. The number of hydrogen-bond donors (Lipinski definition) is 1. The fraction of sp³-hybridized carbons (Fsp3) is 0.214. The molecule has 196 valence electrons. The van der Waals surface area contributed by atoms with Crippen molar-refractivity contribution in [2.75, 3.05) is 7.11 Å². The van der Waals surface area contributed by atoms with Crippen molar-refractivity contribution in [3.8, 4) is 22.6 Å². The number of aromatic nitrogens is 3. The molecule has 4 rings (SSSR count). The van der Waals surface area contributed by atoms with Gasteiger partial charge in [-0.25, -0.2) is 9.78 Å². The minimum Gasteiger partial charge on any atom is -0.495 e. The van der Waals surface area contributed by atoms with Crippen LogP contribution in [-0.2, 0) is 11.2 Å². The molecule has 0 radical (unpaired) electrons. The van der Waals surface area contributed by atoms with Gasteiger partial charge in [0.25, 0.3) is 5.56 Å². The van der Waals surface area contributed by atoms with Crippen molar-refractivity contribution < 1.29 is 19.4 Å². The monoisotopic (exact) mass is 553 g/mol. The van der Waals surface area contributed by atoms with Crippen LogP contribution in [0.2, 0.25) is 10.2 Å². The van der Waals surface area contributed by atoms with Gasteiger partial charge in [0.1, 0.15) is 17.2 Å². The maximum atomic E-state index is 13.4. The number of carbonyl (C=O) groups excluding carboxylic acids is 1. The van der Waals surface area contributed by atoms with Crippen molar-refractivity contribution >= 4 is 35.0 Å². The summed E-state index contributed by atoms with van der Waals surface area (Å²) in [6, 6.07) is 12.1. The molecule has 0 fully saturated rings. The quantitative estimate of drug-likeness (QED) is 0.263. The van der Waals surface area contributed by atoms with E-state index in [9.17, 15) is 14.4 Å². The zero-order chi connectivity index (χ0) is 27.4. The molecular formula is C28H25Cl2N3O5. The van der Waals surface area contributed by atoms with E-state index in [2.05, 4.69) is 4.98 Å². The molecule has 2 aromatic heterocycles. The van der Waals surface area contributed by atoms with Gasteiger partial charge in [-0.15, -0.1) is 0 Å². The third kappa shape index (κ3) is 5.82. The van der Waals surface area contributed by atoms with Crippen molar-refractivity contribution in [1.29, 1.82) is 0 Å². The van der Waals surface area contributed by atoms with Crippen LogP contribution in [0, 0.1) is 0 Å². The summed E-state index contributed by atoms with van der Waals surface area (Å²) in [6.45, 7) is 1.94. The first-order chi connectivity index (χ1) is 18.2. The average Bonchev–Trinajstić information content (AvgIpc) is 3.33. The van der Waals surface area contributed by atoms with Crippen molar-refractivity contribution in [2.24, 2.45) is 0 Å². The number of rotatable bonds is 10. The summed E-state index contributed by atoms with van der Waals surface area (Å²) in [6.07, 6.45) is 5.92. The average molecular weight is 554 g/mol. The Morgan fingerprint density at radius 1 is 1.05 bits per heavy atom. The van der Waals surface area contributed by atoms with Crippen molar-refractivity contribution in [3.63, 3.8) is 0 Å². The smallest absolute Gasteiger partial charge is 0.335 e. The number of hydrogen-bond acceptors (Lipinski definition) is 5. The van der Waals surface area contributed by atoms with E-state index in [1.54, 1.807) is 53.6 Å². The molecule has 4 aromatic rings. The van der Waals surface area contributed by atoms with Crippen LogP contribution >= 0.6 is 23.2 Å². The lowest BCUT2D eigenvalue weighted by Crippen LogP contribution is -2.30. The van der Waals surface area contributed by atoms with E-state index in [1.807, 2.05) is 6.92 Å². The maximum Gasteiger partial charge on any atom is 0.335 e. The summed E-state index contributed by atoms with van der Waals surface area (Å²) in [5.41, 5.74) is 2.26. The largest absolute Gasteiger partial charge is 0.495 e. The van der Waals surface area contributed by atoms with Crippen LogP contribution in [0.1, 0.15) is 41.7 Å². The molecule has 0 aliphatic carbocycles. The number of halogens is 2. The summed E-state index contributed by atoms with van der Waals surface area (Å²) in [4.78, 5) is 42.0. The maximum absolute atomic E-state index is 13.4. The number of aromatic carboxylic acids is 1. The van der Waals surface area contributed by atoms with E-state index in [0.29, 0.717) is 51.1 Å². The van der Waals surface area contributed by atoms with E-state index in [0.717, 1.165) is 0 Å². The van der Waals surface area contributed by atoms with Gasteiger partial charge >= 0.3 is 5.97 Å². The molecule has 2 aromatic carbocycles. The number of ketones is 1. The number of pyridine rings is 1. The van der Waals surface area contributed by atoms with Gasteiger partial charge < -0.3 is 19.0 Å². The Hall–Kier alpha value is -3.88. The van der Waals surface area contributed by atoms with E-state index >= 15 is 0 Å². The molecule has 0 bridgehead atoms. The molecule has 0 amide bonds. The molecule has 0 saturated carbocycles. The number of benzene rings is 2. The zero-order valence-electron chi connectivity index (χ0n) is 20.7. The predicted octanol–water partition coefficient (Wildman–Crippen LogP) is 5.87. The molecular weight excluding hydrogens is 529 g/mol. The summed E-state index contributed by atoms with van der Waals surface area (Å²) in [7, 11) is 1.49. The molecule has 0 aliphatic heterocycles. The van der Waals surface area contributed by atoms with Gasteiger partial charge in [0.2, 0.25) is 0 Å². The number of methoxy groups -OCH3 is 1. The van der Waals surface area contributed by atoms with E-state index in [4.69, 9.17) is 33.0 Å². The van der Waals surface area contributed by atoms with Crippen molar-refractivity contribution in [1.82, 2.24) is 14.1 Å². The first-order valence-electron chi connectivity index (χ1n) is 11.9. The molecule has 10 heteroatoms. The third-order valence-electron chi connectivity index (χ3n) is 6.19. The fourth-order valence-corrected chi connectivity index (χ4v) is 4.66. The van der Waals surface area contributed by atoms with Gasteiger partial charge in [-0.1, -0.05) is 48.7 Å². The Bertz CT molecular complexity index is 1540. The number of carboxylic acid groups (broad SMARTS) is 1. The van der Waals surface area contributed by atoms with Crippen LogP contribution in [0.5, 0.6) is 5.75 Å². The number of nitrogens with zero attached hydrogens (tertiary/aromatic N) is 3. The van der Waals surface area contributed by atoms with E-state index in [-0.39, 0.29) is 23.3 Å². The molecule has 2 heterocycles. The number of imidazole rings is 1. The van der Waals surface area contributed by atoms with Crippen LogP contribution in [0.3, 0.4) is 0 Å². The fourth-order valence-electron chi connectivity index (χ4n) is 4.34. The molecule has 0 saturated heterocycles. The van der Waals surface area contributed by atoms with Crippen molar-refractivity contribution in [3.05, 3.63) is 98.9 Å². The molecule has 38 heavy (non-hydrogen) atoms. The normalized spacial score (nSPS) is 11.8. The number of carbonyl (C=O) groups is 2. The van der Waals surface area contributed by atoms with Gasteiger partial charge in [-0.05, 0) is 42.3 Å². The lowest BCUT2D eigenvalue weighted by atomic mass is 9.98. The molecule has 8 nitrogen and oxygen atoms in total. The summed E-state index contributed by atoms with van der Waals surface area (Å²) in [5, 5.41) is 9.89. The van der Waals surface area contributed by atoms with Crippen LogP contribution in [-0.4, -0.2) is 38.1 Å². The van der Waals surface area contributed by atoms with Gasteiger partial charge in [0, 0.05) is 34.8 Å². The molecule has 1 unspecified atom stereocenters. The third-order valence-corrected chi connectivity index (χ3v) is 6.62. The van der Waals surface area contributed by atoms with Gasteiger partial charge in [0.05, 0.1) is 30.6 Å². The second-order valence-electron chi connectivity index (χ2n) is 8.72. The van der Waals surface area contributed by atoms with Crippen LogP contribution < -0.4 is 10.3 Å². The minimum atomic E-state index is -1.04. The molecule has 1 N–H and O–H groups in total. The SMILES string of the molecule is CCCC(C(=O)Cc1ccc(C(=O)O)cc1)n1cc(OC)c(-c2cc(Cl)ccc2-n2cnc(Cl)c2)cc1=O. The number of carboxylic acids is 1. The Morgan fingerprint density at radius 3 is 2.39 bits per heavy atom. The highest BCUT2D eigenvalue weighted by Gasteiger charge is 2.24. The number of ether oxygens (including phenoxy) is 1. The highest BCUT2D eigenvalue weighted by molar-refractivity contribution is 6.31. The number of Topliss-reactive ketones (excluding diaryl/α,β-unsaturated/α-hetero) is 1. The Morgan fingerprint density at radius 2 is 1.79 bits per heavy atom. The second kappa shape index (κ2) is 11.7.